The van der Waals surface area contributed by atoms with Gasteiger partial charge in [0.15, 0.2) is 0 Å². The third kappa shape index (κ3) is 4.33. The Morgan fingerprint density at radius 1 is 1.56 bits per heavy atom. The average molecular weight is 293 g/mol. The molecule has 0 amide bonds. The van der Waals surface area contributed by atoms with E-state index in [1.807, 2.05) is 6.92 Å². The Labute approximate surface area is 112 Å². The van der Waals surface area contributed by atoms with Gasteiger partial charge in [0, 0.05) is 13.2 Å². The molecule has 0 fully saturated rings. The van der Waals surface area contributed by atoms with Crippen molar-refractivity contribution in [2.75, 3.05) is 13.7 Å². The second-order valence-electron chi connectivity index (χ2n) is 3.99. The zero-order valence-electron chi connectivity index (χ0n) is 10.5. The minimum Gasteiger partial charge on any atom is -0.392 e. The van der Waals surface area contributed by atoms with Gasteiger partial charge in [-0.15, -0.1) is 11.3 Å². The van der Waals surface area contributed by atoms with E-state index in [1.54, 1.807) is 12.5 Å². The summed E-state index contributed by atoms with van der Waals surface area (Å²) in [7, 11) is -1.97. The van der Waals surface area contributed by atoms with Crippen LogP contribution in [0.3, 0.4) is 0 Å². The van der Waals surface area contributed by atoms with Gasteiger partial charge in [0.05, 0.1) is 13.2 Å². The number of sulfonamides is 1. The highest BCUT2D eigenvalue weighted by atomic mass is 32.2. The first-order valence-electron chi connectivity index (χ1n) is 5.73. The number of rotatable bonds is 8. The molecule has 0 aliphatic carbocycles. The molecule has 18 heavy (non-hydrogen) atoms. The third-order valence-corrected chi connectivity index (χ3v) is 5.41. The lowest BCUT2D eigenvalue weighted by molar-refractivity contribution is 0.171. The van der Waals surface area contributed by atoms with E-state index in [2.05, 4.69) is 4.72 Å². The smallest absolute Gasteiger partial charge is 0.250 e. The zero-order chi connectivity index (χ0) is 13.6. The molecule has 104 valence electrons. The van der Waals surface area contributed by atoms with Crippen LogP contribution in [0.1, 0.15) is 25.3 Å². The molecule has 1 aromatic heterocycles. The fourth-order valence-corrected chi connectivity index (χ4v) is 4.05. The van der Waals surface area contributed by atoms with Crippen LogP contribution in [0, 0.1) is 0 Å². The van der Waals surface area contributed by atoms with E-state index in [0.29, 0.717) is 12.2 Å². The summed E-state index contributed by atoms with van der Waals surface area (Å²) < 4.78 is 32.0. The average Bonchev–Trinajstić information content (AvgIpc) is 2.78. The first kappa shape index (κ1) is 15.6. The SMILES string of the molecule is CCCC(COC)NS(=O)(=O)c1cc(CO)cs1. The van der Waals surface area contributed by atoms with Gasteiger partial charge < -0.3 is 9.84 Å². The second-order valence-corrected chi connectivity index (χ2v) is 6.85. The van der Waals surface area contributed by atoms with E-state index in [1.165, 1.54) is 6.07 Å². The predicted octanol–water partition coefficient (Wildman–Crippen LogP) is 1.33. The number of ether oxygens (including phenoxy) is 1. The number of hydrogen-bond acceptors (Lipinski definition) is 5. The molecule has 7 heteroatoms. The summed E-state index contributed by atoms with van der Waals surface area (Å²) in [5, 5.41) is 10.6. The van der Waals surface area contributed by atoms with Gasteiger partial charge in [-0.2, -0.15) is 0 Å². The van der Waals surface area contributed by atoms with Crippen LogP contribution in [-0.4, -0.2) is 33.3 Å². The van der Waals surface area contributed by atoms with E-state index >= 15 is 0 Å². The van der Waals surface area contributed by atoms with Crippen LogP contribution in [0.4, 0.5) is 0 Å². The van der Waals surface area contributed by atoms with Gasteiger partial charge in [-0.25, -0.2) is 13.1 Å². The van der Waals surface area contributed by atoms with Crippen molar-refractivity contribution in [1.82, 2.24) is 4.72 Å². The fraction of sp³-hybridized carbons (Fsp3) is 0.636. The van der Waals surface area contributed by atoms with Crippen LogP contribution in [0.25, 0.3) is 0 Å². The van der Waals surface area contributed by atoms with E-state index < -0.39 is 10.0 Å². The third-order valence-electron chi connectivity index (χ3n) is 2.40. The van der Waals surface area contributed by atoms with Crippen LogP contribution in [0.2, 0.25) is 0 Å². The fourth-order valence-electron chi connectivity index (χ4n) is 1.58. The molecule has 1 aromatic rings. The zero-order valence-corrected chi connectivity index (χ0v) is 12.2. The maximum absolute atomic E-state index is 12.1. The van der Waals surface area contributed by atoms with Crippen molar-refractivity contribution in [3.05, 3.63) is 17.0 Å². The summed E-state index contributed by atoms with van der Waals surface area (Å²) in [6.45, 7) is 2.19. The Morgan fingerprint density at radius 2 is 2.28 bits per heavy atom. The Balaban J connectivity index is 2.78. The van der Waals surface area contributed by atoms with Crippen LogP contribution in [0.5, 0.6) is 0 Å². The topological polar surface area (TPSA) is 75.6 Å². The van der Waals surface area contributed by atoms with Crippen LogP contribution >= 0.6 is 11.3 Å². The van der Waals surface area contributed by atoms with Gasteiger partial charge in [0.1, 0.15) is 4.21 Å². The van der Waals surface area contributed by atoms with Crippen molar-refractivity contribution < 1.29 is 18.3 Å². The van der Waals surface area contributed by atoms with Crippen LogP contribution in [-0.2, 0) is 21.4 Å². The van der Waals surface area contributed by atoms with Crippen LogP contribution in [0.15, 0.2) is 15.7 Å². The molecule has 0 aliphatic rings. The lowest BCUT2D eigenvalue weighted by Crippen LogP contribution is -2.37. The van der Waals surface area contributed by atoms with Crippen molar-refractivity contribution in [3.63, 3.8) is 0 Å². The first-order chi connectivity index (χ1) is 8.53. The number of aliphatic hydroxyl groups excluding tert-OH is 1. The quantitative estimate of drug-likeness (QED) is 0.758. The van der Waals surface area contributed by atoms with Crippen molar-refractivity contribution in [2.24, 2.45) is 0 Å². The molecule has 1 atom stereocenters. The Morgan fingerprint density at radius 3 is 2.78 bits per heavy atom. The largest absolute Gasteiger partial charge is 0.392 e. The van der Waals surface area contributed by atoms with Gasteiger partial charge >= 0.3 is 0 Å². The molecule has 0 bridgehead atoms. The summed E-state index contributed by atoms with van der Waals surface area (Å²) >= 11 is 1.11. The first-order valence-corrected chi connectivity index (χ1v) is 8.09. The molecule has 0 radical (unpaired) electrons. The molecule has 0 spiro atoms. The standard InChI is InChI=1S/C11H19NO4S2/c1-3-4-10(7-16-2)12-18(14,15)11-5-9(6-13)8-17-11/h5,8,10,12-13H,3-4,6-7H2,1-2H3. The van der Waals surface area contributed by atoms with Crippen molar-refractivity contribution in [2.45, 2.75) is 36.6 Å². The molecule has 1 heterocycles. The molecule has 0 aromatic carbocycles. The van der Waals surface area contributed by atoms with Gasteiger partial charge in [-0.3, -0.25) is 0 Å². The molecule has 5 nitrogen and oxygen atoms in total. The maximum Gasteiger partial charge on any atom is 0.250 e. The van der Waals surface area contributed by atoms with Gasteiger partial charge in [-0.05, 0) is 23.4 Å². The lowest BCUT2D eigenvalue weighted by atomic mass is 10.2. The molecule has 0 saturated carbocycles. The number of hydrogen-bond donors (Lipinski definition) is 2. The minimum atomic E-state index is -3.52. The molecule has 0 aliphatic heterocycles. The Hall–Kier alpha value is -0.470. The number of thiophene rings is 1. The molecular weight excluding hydrogens is 274 g/mol. The second kappa shape index (κ2) is 7.20. The molecule has 0 saturated heterocycles. The van der Waals surface area contributed by atoms with Gasteiger partial charge in [0.25, 0.3) is 0 Å². The highest BCUT2D eigenvalue weighted by Crippen LogP contribution is 2.20. The van der Waals surface area contributed by atoms with Gasteiger partial charge in [-0.1, -0.05) is 13.3 Å². The van der Waals surface area contributed by atoms with E-state index in [-0.39, 0.29) is 16.9 Å². The summed E-state index contributed by atoms with van der Waals surface area (Å²) in [4.78, 5) is 0. The van der Waals surface area contributed by atoms with E-state index in [0.717, 1.165) is 24.2 Å². The molecule has 2 N–H and O–H groups in total. The molecule has 1 rings (SSSR count). The summed E-state index contributed by atoms with van der Waals surface area (Å²) in [5.74, 6) is 0. The summed E-state index contributed by atoms with van der Waals surface area (Å²) in [5.41, 5.74) is 0.610. The maximum atomic E-state index is 12.1. The number of aliphatic hydroxyl groups is 1. The highest BCUT2D eigenvalue weighted by molar-refractivity contribution is 7.91. The number of nitrogens with one attached hydrogen (secondary N) is 1. The predicted molar refractivity (Wildman–Crippen MR) is 71.1 cm³/mol. The Kier molecular flexibility index (Phi) is 6.24. The van der Waals surface area contributed by atoms with Crippen molar-refractivity contribution in [1.29, 1.82) is 0 Å². The van der Waals surface area contributed by atoms with Crippen LogP contribution < -0.4 is 4.72 Å². The summed E-state index contributed by atoms with van der Waals surface area (Å²) in [6.07, 6.45) is 1.61. The number of methoxy groups -OCH3 is 1. The lowest BCUT2D eigenvalue weighted by Gasteiger charge is -2.16. The monoisotopic (exact) mass is 293 g/mol. The highest BCUT2D eigenvalue weighted by Gasteiger charge is 2.21. The Bertz CT molecular complexity index is 449. The normalized spacial score (nSPS) is 13.7. The summed E-state index contributed by atoms with van der Waals surface area (Å²) in [6, 6.07) is 1.27. The molecular formula is C11H19NO4S2. The van der Waals surface area contributed by atoms with E-state index in [9.17, 15) is 8.42 Å². The minimum absolute atomic E-state index is 0.150. The van der Waals surface area contributed by atoms with Crippen molar-refractivity contribution >= 4 is 21.4 Å². The van der Waals surface area contributed by atoms with Crippen molar-refractivity contribution in [3.8, 4) is 0 Å². The van der Waals surface area contributed by atoms with Gasteiger partial charge in [0.2, 0.25) is 10.0 Å². The molecule has 1 unspecified atom stereocenters. The van der Waals surface area contributed by atoms with E-state index in [4.69, 9.17) is 9.84 Å².